The molecule has 1 aromatic heterocycles. The van der Waals surface area contributed by atoms with Crippen LogP contribution in [0, 0.1) is 13.8 Å². The van der Waals surface area contributed by atoms with Gasteiger partial charge in [0.25, 0.3) is 0 Å². The van der Waals surface area contributed by atoms with Gasteiger partial charge in [-0.1, -0.05) is 5.16 Å². The first-order valence-corrected chi connectivity index (χ1v) is 5.77. The largest absolute Gasteiger partial charge is 0.409 e. The molecule has 9 heteroatoms. The summed E-state index contributed by atoms with van der Waals surface area (Å²) in [5.41, 5.74) is 7.01. The number of amidine groups is 1. The van der Waals surface area contributed by atoms with Gasteiger partial charge in [0.15, 0.2) is 11.7 Å². The second-order valence-electron chi connectivity index (χ2n) is 4.38. The van der Waals surface area contributed by atoms with E-state index in [1.165, 1.54) is 11.9 Å². The third kappa shape index (κ3) is 3.72. The Balaban J connectivity index is 3.15. The highest BCUT2D eigenvalue weighted by Crippen LogP contribution is 2.24. The van der Waals surface area contributed by atoms with E-state index in [0.717, 1.165) is 0 Å². The van der Waals surface area contributed by atoms with Crippen molar-refractivity contribution in [3.8, 4) is 0 Å². The molecular weight excluding hydrogens is 275 g/mol. The Morgan fingerprint density at radius 3 is 2.45 bits per heavy atom. The maximum Gasteiger partial charge on any atom is 0.390 e. The minimum absolute atomic E-state index is 0.146. The molecule has 0 spiro atoms. The smallest absolute Gasteiger partial charge is 0.390 e. The van der Waals surface area contributed by atoms with Gasteiger partial charge in [-0.25, -0.2) is 0 Å². The highest BCUT2D eigenvalue weighted by Gasteiger charge is 2.28. The summed E-state index contributed by atoms with van der Waals surface area (Å²) >= 11 is 0. The van der Waals surface area contributed by atoms with Crippen LogP contribution in [0.1, 0.15) is 23.2 Å². The van der Waals surface area contributed by atoms with Crippen LogP contribution in [0.2, 0.25) is 0 Å². The summed E-state index contributed by atoms with van der Waals surface area (Å²) in [5.74, 6) is -0.0676. The van der Waals surface area contributed by atoms with Gasteiger partial charge in [-0.2, -0.15) is 18.3 Å². The van der Waals surface area contributed by atoms with Gasteiger partial charge >= 0.3 is 6.18 Å². The summed E-state index contributed by atoms with van der Waals surface area (Å²) < 4.78 is 36.7. The third-order valence-electron chi connectivity index (χ3n) is 2.89. The summed E-state index contributed by atoms with van der Waals surface area (Å²) in [6.07, 6.45) is -5.26. The highest BCUT2D eigenvalue weighted by molar-refractivity contribution is 6.02. The lowest BCUT2D eigenvalue weighted by Crippen LogP contribution is -2.29. The summed E-state index contributed by atoms with van der Waals surface area (Å²) in [7, 11) is 1.44. The monoisotopic (exact) mass is 291 g/mol. The van der Waals surface area contributed by atoms with Crippen LogP contribution >= 0.6 is 0 Å². The van der Waals surface area contributed by atoms with Crippen molar-refractivity contribution in [3.05, 3.63) is 16.8 Å². The van der Waals surface area contributed by atoms with E-state index in [0.29, 0.717) is 11.3 Å². The summed E-state index contributed by atoms with van der Waals surface area (Å²) in [5, 5.41) is 19.4. The van der Waals surface area contributed by atoms with E-state index in [9.17, 15) is 13.2 Å². The van der Waals surface area contributed by atoms with E-state index in [4.69, 9.17) is 10.9 Å². The van der Waals surface area contributed by atoms with Crippen molar-refractivity contribution in [1.29, 1.82) is 0 Å². The van der Waals surface area contributed by atoms with Gasteiger partial charge in [0.05, 0.1) is 17.7 Å². The number of hydrogen-bond donors (Lipinski definition) is 2. The van der Waals surface area contributed by atoms with Crippen LogP contribution in [0.4, 0.5) is 19.0 Å². The first-order chi connectivity index (χ1) is 9.17. The van der Waals surface area contributed by atoms with Crippen LogP contribution in [0.3, 0.4) is 0 Å². The molecule has 0 atom stereocenters. The molecule has 0 bridgehead atoms. The Hall–Kier alpha value is -2.06. The molecule has 0 aliphatic carbocycles. The average Bonchev–Trinajstić information content (AvgIpc) is 2.37. The molecule has 0 saturated carbocycles. The van der Waals surface area contributed by atoms with Gasteiger partial charge in [0, 0.05) is 13.6 Å². The van der Waals surface area contributed by atoms with Gasteiger partial charge in [-0.05, 0) is 19.4 Å². The molecule has 1 heterocycles. The molecule has 0 radical (unpaired) electrons. The topological polar surface area (TPSA) is 87.6 Å². The fraction of sp³-hybridized carbons (Fsp3) is 0.545. The van der Waals surface area contributed by atoms with Gasteiger partial charge in [-0.3, -0.25) is 0 Å². The number of nitrogens with two attached hydrogens (primary N) is 1. The lowest BCUT2D eigenvalue weighted by molar-refractivity contribution is -0.132. The normalized spacial score (nSPS) is 12.6. The Bertz CT molecular complexity index is 516. The van der Waals surface area contributed by atoms with E-state index >= 15 is 0 Å². The number of anilines is 1. The lowest BCUT2D eigenvalue weighted by atomic mass is 10.1. The number of oxime groups is 1. The Morgan fingerprint density at radius 1 is 1.35 bits per heavy atom. The zero-order chi connectivity index (χ0) is 15.5. The Labute approximate surface area is 114 Å². The predicted octanol–water partition coefficient (Wildman–Crippen LogP) is 1.58. The quantitative estimate of drug-likeness (QED) is 0.380. The number of halogens is 3. The van der Waals surface area contributed by atoms with E-state index in [1.807, 2.05) is 0 Å². The van der Waals surface area contributed by atoms with Crippen LogP contribution < -0.4 is 10.6 Å². The fourth-order valence-corrected chi connectivity index (χ4v) is 1.62. The van der Waals surface area contributed by atoms with Crippen LogP contribution in [-0.4, -0.2) is 41.0 Å². The van der Waals surface area contributed by atoms with Crippen molar-refractivity contribution >= 4 is 11.7 Å². The van der Waals surface area contributed by atoms with Crippen molar-refractivity contribution in [2.24, 2.45) is 10.9 Å². The summed E-state index contributed by atoms with van der Waals surface area (Å²) in [4.78, 5) is 1.28. The zero-order valence-corrected chi connectivity index (χ0v) is 11.4. The Morgan fingerprint density at radius 2 is 1.95 bits per heavy atom. The molecule has 0 aliphatic heterocycles. The first-order valence-electron chi connectivity index (χ1n) is 5.77. The predicted molar refractivity (Wildman–Crippen MR) is 68.0 cm³/mol. The maximum atomic E-state index is 12.2. The number of nitrogens with zero attached hydrogens (tertiary/aromatic N) is 4. The molecule has 0 amide bonds. The summed E-state index contributed by atoms with van der Waals surface area (Å²) in [6.45, 7) is 3.06. The van der Waals surface area contributed by atoms with Gasteiger partial charge in [0.1, 0.15) is 0 Å². The lowest BCUT2D eigenvalue weighted by Gasteiger charge is -2.22. The number of alkyl halides is 3. The fourth-order valence-electron chi connectivity index (χ4n) is 1.62. The van der Waals surface area contributed by atoms with Crippen LogP contribution in [0.5, 0.6) is 0 Å². The van der Waals surface area contributed by atoms with E-state index in [1.54, 1.807) is 13.8 Å². The number of rotatable bonds is 4. The minimum atomic E-state index is -4.27. The van der Waals surface area contributed by atoms with Crippen LogP contribution in [0.15, 0.2) is 5.16 Å². The molecule has 112 valence electrons. The minimum Gasteiger partial charge on any atom is -0.409 e. The van der Waals surface area contributed by atoms with Crippen molar-refractivity contribution in [2.75, 3.05) is 18.5 Å². The molecule has 6 nitrogen and oxygen atoms in total. The van der Waals surface area contributed by atoms with E-state index in [2.05, 4.69) is 15.4 Å². The third-order valence-corrected chi connectivity index (χ3v) is 2.89. The summed E-state index contributed by atoms with van der Waals surface area (Å²) in [6, 6.07) is 0. The second kappa shape index (κ2) is 5.93. The van der Waals surface area contributed by atoms with E-state index in [-0.39, 0.29) is 23.8 Å². The van der Waals surface area contributed by atoms with E-state index < -0.39 is 12.6 Å². The second-order valence-corrected chi connectivity index (χ2v) is 4.38. The SMILES string of the molecule is Cc1nnc(N(C)CCC(F)(F)F)c(C(N)=NO)c1C. The molecule has 0 saturated heterocycles. The standard InChI is InChI=1S/C11H16F3N5O/c1-6-7(2)16-17-10(8(6)9(15)18-20)19(3)5-4-11(12,13)14/h20H,4-5H2,1-3H3,(H2,15,18). The van der Waals surface area contributed by atoms with Crippen molar-refractivity contribution < 1.29 is 18.4 Å². The molecule has 3 N–H and O–H groups in total. The highest BCUT2D eigenvalue weighted by atomic mass is 19.4. The van der Waals surface area contributed by atoms with Crippen molar-refractivity contribution in [1.82, 2.24) is 10.2 Å². The van der Waals surface area contributed by atoms with Crippen molar-refractivity contribution in [3.63, 3.8) is 0 Å². The number of hydrogen-bond acceptors (Lipinski definition) is 5. The number of aryl methyl sites for hydroxylation is 1. The Kier molecular flexibility index (Phi) is 4.74. The molecule has 0 unspecified atom stereocenters. The van der Waals surface area contributed by atoms with Crippen molar-refractivity contribution in [2.45, 2.75) is 26.4 Å². The van der Waals surface area contributed by atoms with Gasteiger partial charge in [-0.15, -0.1) is 5.10 Å². The number of aromatic nitrogens is 2. The van der Waals surface area contributed by atoms with Crippen LogP contribution in [-0.2, 0) is 0 Å². The molecule has 0 aromatic carbocycles. The first kappa shape index (κ1) is 16.0. The van der Waals surface area contributed by atoms with Crippen LogP contribution in [0.25, 0.3) is 0 Å². The molecule has 0 aliphatic rings. The molecule has 0 fully saturated rings. The molecular formula is C11H16F3N5O. The molecule has 1 rings (SSSR count). The van der Waals surface area contributed by atoms with Gasteiger partial charge in [0.2, 0.25) is 0 Å². The zero-order valence-electron chi connectivity index (χ0n) is 11.4. The molecule has 1 aromatic rings. The average molecular weight is 291 g/mol. The molecule has 20 heavy (non-hydrogen) atoms. The maximum absolute atomic E-state index is 12.2. The van der Waals surface area contributed by atoms with Gasteiger partial charge < -0.3 is 15.8 Å².